The fourth-order valence-corrected chi connectivity index (χ4v) is 6.47. The van der Waals surface area contributed by atoms with E-state index in [1.807, 2.05) is 0 Å². The Morgan fingerprint density at radius 2 is 0.952 bits per heavy atom. The lowest BCUT2D eigenvalue weighted by atomic mass is 10.1. The molecule has 2 saturated heterocycles. The van der Waals surface area contributed by atoms with Crippen molar-refractivity contribution in [1.82, 2.24) is 0 Å². The van der Waals surface area contributed by atoms with Gasteiger partial charge in [0.1, 0.15) is 57.8 Å². The van der Waals surface area contributed by atoms with Gasteiger partial charge in [-0.05, 0) is 99.5 Å². The molecule has 0 amide bonds. The maximum Gasteiger partial charge on any atom is 0.347 e. The SMILES string of the molecule is C=CC(=O)Oc1ccc(C(=O)Oc2ccc(C(=O)O[C@@H]3CO[C@H]4[C@@H]3OC[C@H]4OC(=O)c3ccc(OC(=O)c4ccc(OC(=O)C=C)cc4OCC)c(C)c3)cc2C)c(OCC)c1. The molecule has 4 aromatic rings. The molecule has 6 rings (SSSR count). The van der Waals surface area contributed by atoms with Gasteiger partial charge in [0.25, 0.3) is 0 Å². The number of aryl methyl sites for hydroxylation is 2. The number of ether oxygens (including phenoxy) is 10. The van der Waals surface area contributed by atoms with E-state index < -0.39 is 60.2 Å². The van der Waals surface area contributed by atoms with Crippen LogP contribution in [0.3, 0.4) is 0 Å². The molecule has 322 valence electrons. The van der Waals surface area contributed by atoms with E-state index in [-0.39, 0.29) is 83.2 Å². The van der Waals surface area contributed by atoms with Crippen molar-refractivity contribution in [2.24, 2.45) is 0 Å². The van der Waals surface area contributed by atoms with Crippen LogP contribution in [0.1, 0.15) is 66.4 Å². The Morgan fingerprint density at radius 3 is 1.31 bits per heavy atom. The summed E-state index contributed by atoms with van der Waals surface area (Å²) in [5.74, 6) is -3.21. The van der Waals surface area contributed by atoms with E-state index in [4.69, 9.17) is 47.4 Å². The van der Waals surface area contributed by atoms with Gasteiger partial charge in [-0.2, -0.15) is 0 Å². The minimum atomic E-state index is -0.808. The highest BCUT2D eigenvalue weighted by Gasteiger charge is 2.51. The fourth-order valence-electron chi connectivity index (χ4n) is 6.47. The Kier molecular flexibility index (Phi) is 14.2. The lowest BCUT2D eigenvalue weighted by Crippen LogP contribution is -2.36. The first-order chi connectivity index (χ1) is 29.8. The topological polar surface area (TPSA) is 195 Å². The van der Waals surface area contributed by atoms with Crippen molar-refractivity contribution in [3.63, 3.8) is 0 Å². The summed E-state index contributed by atoms with van der Waals surface area (Å²) < 4.78 is 55.9. The third-order valence-electron chi connectivity index (χ3n) is 9.42. The molecule has 0 saturated carbocycles. The van der Waals surface area contributed by atoms with Crippen molar-refractivity contribution in [1.29, 1.82) is 0 Å². The lowest BCUT2D eigenvalue weighted by molar-refractivity contribution is -0.129. The third-order valence-corrected chi connectivity index (χ3v) is 9.42. The summed E-state index contributed by atoms with van der Waals surface area (Å²) in [6, 6.07) is 17.3. The van der Waals surface area contributed by atoms with Crippen molar-refractivity contribution in [3.8, 4) is 34.5 Å². The predicted octanol–water partition coefficient (Wildman–Crippen LogP) is 6.27. The number of carbonyl (C=O) groups is 6. The summed E-state index contributed by atoms with van der Waals surface area (Å²) in [7, 11) is 0. The van der Waals surface area contributed by atoms with Crippen LogP contribution in [0.5, 0.6) is 34.5 Å². The highest BCUT2D eigenvalue weighted by molar-refractivity contribution is 5.96. The second-order valence-electron chi connectivity index (χ2n) is 13.7. The highest BCUT2D eigenvalue weighted by atomic mass is 16.7. The molecule has 2 aliphatic rings. The van der Waals surface area contributed by atoms with Crippen molar-refractivity contribution in [2.45, 2.75) is 52.1 Å². The van der Waals surface area contributed by atoms with Crippen LogP contribution in [-0.2, 0) is 28.5 Å². The largest absolute Gasteiger partial charge is 0.493 e. The quantitative estimate of drug-likeness (QED) is 0.0695. The Balaban J connectivity index is 1.02. The van der Waals surface area contributed by atoms with Gasteiger partial charge in [-0.1, -0.05) is 13.2 Å². The highest BCUT2D eigenvalue weighted by Crippen LogP contribution is 2.34. The zero-order valence-electron chi connectivity index (χ0n) is 34.2. The molecule has 2 heterocycles. The molecule has 0 aromatic heterocycles. The predicted molar refractivity (Wildman–Crippen MR) is 217 cm³/mol. The smallest absolute Gasteiger partial charge is 0.347 e. The molecule has 0 unspecified atom stereocenters. The summed E-state index contributed by atoms with van der Waals surface area (Å²) in [5.41, 5.74) is 1.46. The summed E-state index contributed by atoms with van der Waals surface area (Å²) in [6.07, 6.45) is -1.02. The zero-order valence-corrected chi connectivity index (χ0v) is 34.2. The standard InChI is InChI=1S/C46H42O16/c1-7-39(47)57-29-13-15-31(35(21-29)53-9-3)45(51)59-33-17-11-27(19-25(33)5)43(49)61-37-23-55-42-38(24-56-41(37)42)62-44(50)28-12-18-34(26(6)20-28)60-46(52)32-16-14-30(58-40(48)8-2)22-36(32)54-10-4/h7-8,11-22,37-38,41-42H,1-2,9-10,23-24H2,3-6H3/t37-,38-,41-,42-/m1/s1. The number of hydrogen-bond acceptors (Lipinski definition) is 16. The van der Waals surface area contributed by atoms with Gasteiger partial charge in [0.15, 0.2) is 12.2 Å². The van der Waals surface area contributed by atoms with Crippen LogP contribution in [0.2, 0.25) is 0 Å². The van der Waals surface area contributed by atoms with E-state index in [2.05, 4.69) is 13.2 Å². The van der Waals surface area contributed by atoms with E-state index in [0.29, 0.717) is 11.1 Å². The summed E-state index contributed by atoms with van der Waals surface area (Å²) >= 11 is 0. The van der Waals surface area contributed by atoms with Crippen LogP contribution in [0.15, 0.2) is 98.1 Å². The number of esters is 6. The first-order valence-corrected chi connectivity index (χ1v) is 19.3. The molecule has 16 heteroatoms. The maximum absolute atomic E-state index is 13.3. The monoisotopic (exact) mass is 850 g/mol. The van der Waals surface area contributed by atoms with Crippen LogP contribution < -0.4 is 28.4 Å². The molecule has 0 N–H and O–H groups in total. The molecular weight excluding hydrogens is 808 g/mol. The number of fused-ring (bicyclic) bond motifs is 1. The van der Waals surface area contributed by atoms with Gasteiger partial charge in [0.2, 0.25) is 0 Å². The molecule has 0 bridgehead atoms. The first kappa shape index (κ1) is 44.3. The molecule has 16 nitrogen and oxygen atoms in total. The summed E-state index contributed by atoms with van der Waals surface area (Å²) in [4.78, 5) is 76.0. The summed E-state index contributed by atoms with van der Waals surface area (Å²) in [6.45, 7) is 13.9. The van der Waals surface area contributed by atoms with Crippen molar-refractivity contribution < 1.29 is 76.1 Å². The number of rotatable bonds is 16. The van der Waals surface area contributed by atoms with Crippen molar-refractivity contribution in [3.05, 3.63) is 131 Å². The molecule has 0 radical (unpaired) electrons. The lowest BCUT2D eigenvalue weighted by Gasteiger charge is -2.18. The molecule has 2 aliphatic heterocycles. The molecule has 2 fully saturated rings. The third kappa shape index (κ3) is 10.3. The Morgan fingerprint density at radius 1 is 0.548 bits per heavy atom. The van der Waals surface area contributed by atoms with E-state index in [0.717, 1.165) is 12.2 Å². The average molecular weight is 851 g/mol. The molecular formula is C46H42O16. The van der Waals surface area contributed by atoms with E-state index >= 15 is 0 Å². The van der Waals surface area contributed by atoms with Crippen LogP contribution in [0.25, 0.3) is 0 Å². The molecule has 0 spiro atoms. The van der Waals surface area contributed by atoms with Gasteiger partial charge in [-0.25, -0.2) is 28.8 Å². The van der Waals surface area contributed by atoms with Gasteiger partial charge in [0, 0.05) is 24.3 Å². The van der Waals surface area contributed by atoms with Gasteiger partial charge < -0.3 is 47.4 Å². The van der Waals surface area contributed by atoms with E-state index in [1.54, 1.807) is 27.7 Å². The van der Waals surface area contributed by atoms with Gasteiger partial charge in [-0.3, -0.25) is 0 Å². The van der Waals surface area contributed by atoms with Gasteiger partial charge in [0.05, 0.1) is 37.6 Å². The average Bonchev–Trinajstić information content (AvgIpc) is 3.84. The summed E-state index contributed by atoms with van der Waals surface area (Å²) in [5, 5.41) is 0. The molecule has 0 aliphatic carbocycles. The second-order valence-corrected chi connectivity index (χ2v) is 13.7. The number of hydrogen-bond donors (Lipinski definition) is 0. The minimum Gasteiger partial charge on any atom is -0.493 e. The van der Waals surface area contributed by atoms with Crippen LogP contribution in [0.4, 0.5) is 0 Å². The Hall–Kier alpha value is -7.30. The van der Waals surface area contributed by atoms with E-state index in [9.17, 15) is 28.8 Å². The van der Waals surface area contributed by atoms with Crippen molar-refractivity contribution >= 4 is 35.8 Å². The molecule has 62 heavy (non-hydrogen) atoms. The normalized spacial score (nSPS) is 17.4. The van der Waals surface area contributed by atoms with Crippen LogP contribution in [0, 0.1) is 13.8 Å². The Labute approximate surface area is 355 Å². The number of carbonyl (C=O) groups excluding carboxylic acids is 6. The fraction of sp³-hybridized carbons (Fsp3) is 0.261. The Bertz CT molecular complexity index is 2250. The van der Waals surface area contributed by atoms with Crippen LogP contribution >= 0.6 is 0 Å². The van der Waals surface area contributed by atoms with Crippen LogP contribution in [-0.4, -0.2) is 86.7 Å². The maximum atomic E-state index is 13.3. The van der Waals surface area contributed by atoms with Crippen molar-refractivity contribution in [2.75, 3.05) is 26.4 Å². The first-order valence-electron chi connectivity index (χ1n) is 19.3. The van der Waals surface area contributed by atoms with Gasteiger partial charge >= 0.3 is 35.8 Å². The zero-order chi connectivity index (χ0) is 44.5. The number of benzene rings is 4. The van der Waals surface area contributed by atoms with E-state index in [1.165, 1.54) is 72.8 Å². The molecule has 4 aromatic carbocycles. The minimum absolute atomic E-state index is 0.00950. The molecule has 4 atom stereocenters. The van der Waals surface area contributed by atoms with Gasteiger partial charge in [-0.15, -0.1) is 0 Å². The second kappa shape index (κ2) is 19.8.